The number of benzene rings is 3. The lowest BCUT2D eigenvalue weighted by Gasteiger charge is -2.08. The topological polar surface area (TPSA) is 63.2 Å². The van der Waals surface area contributed by atoms with E-state index in [1.807, 2.05) is 54.6 Å². The largest absolute Gasteiger partial charge is 0.495 e. The molecule has 4 aromatic rings. The predicted octanol–water partition coefficient (Wildman–Crippen LogP) is 5.63. The maximum atomic E-state index is 13.1. The monoisotopic (exact) mass is 433 g/mol. The van der Waals surface area contributed by atoms with Crippen LogP contribution in [0.1, 0.15) is 15.2 Å². The third-order valence-corrected chi connectivity index (χ3v) is 5.57. The summed E-state index contributed by atoms with van der Waals surface area (Å²) in [5.74, 6) is 0.131. The molecule has 0 aliphatic carbocycles. The number of para-hydroxylation sites is 2. The summed E-state index contributed by atoms with van der Waals surface area (Å²) in [6.45, 7) is 0.292. The van der Waals surface area contributed by atoms with Crippen LogP contribution in [-0.2, 0) is 6.54 Å². The van der Waals surface area contributed by atoms with Gasteiger partial charge in [0.15, 0.2) is 5.13 Å². The summed E-state index contributed by atoms with van der Waals surface area (Å²) in [6, 6.07) is 23.1. The number of aromatic nitrogens is 1. The highest BCUT2D eigenvalue weighted by atomic mass is 32.1. The van der Waals surface area contributed by atoms with Crippen LogP contribution in [0.4, 0.5) is 15.2 Å². The molecule has 3 aromatic carbocycles. The molecule has 0 aliphatic heterocycles. The second-order valence-electron chi connectivity index (χ2n) is 6.70. The zero-order chi connectivity index (χ0) is 21.6. The Bertz CT molecular complexity index is 1180. The molecule has 0 fully saturated rings. The summed E-state index contributed by atoms with van der Waals surface area (Å²) in [4.78, 5) is 18.2. The molecule has 4 rings (SSSR count). The zero-order valence-electron chi connectivity index (χ0n) is 16.8. The van der Waals surface area contributed by atoms with Crippen molar-refractivity contribution in [3.8, 4) is 17.0 Å². The smallest absolute Gasteiger partial charge is 0.264 e. The summed E-state index contributed by atoms with van der Waals surface area (Å²) in [7, 11) is 1.60. The van der Waals surface area contributed by atoms with Gasteiger partial charge in [-0.3, -0.25) is 4.79 Å². The lowest BCUT2D eigenvalue weighted by Crippen LogP contribution is -2.22. The third-order valence-electron chi connectivity index (χ3n) is 4.60. The van der Waals surface area contributed by atoms with Gasteiger partial charge in [-0.2, -0.15) is 0 Å². The van der Waals surface area contributed by atoms with Crippen LogP contribution >= 0.6 is 11.3 Å². The van der Waals surface area contributed by atoms with Gasteiger partial charge in [-0.05, 0) is 29.8 Å². The van der Waals surface area contributed by atoms with Gasteiger partial charge in [0.05, 0.1) is 18.5 Å². The molecule has 0 saturated carbocycles. The van der Waals surface area contributed by atoms with Crippen molar-refractivity contribution in [3.05, 3.63) is 95.1 Å². The van der Waals surface area contributed by atoms with Gasteiger partial charge in [0, 0.05) is 12.1 Å². The fourth-order valence-electron chi connectivity index (χ4n) is 3.05. The minimum Gasteiger partial charge on any atom is -0.495 e. The number of hydrogen-bond acceptors (Lipinski definition) is 5. The second-order valence-corrected chi connectivity index (χ2v) is 7.70. The van der Waals surface area contributed by atoms with Crippen LogP contribution < -0.4 is 15.4 Å². The Kier molecular flexibility index (Phi) is 6.24. The van der Waals surface area contributed by atoms with Crippen LogP contribution in [0.2, 0.25) is 0 Å². The van der Waals surface area contributed by atoms with Crippen LogP contribution in [0, 0.1) is 5.82 Å². The SMILES string of the molecule is COc1ccccc1Nc1nc(-c2ccccc2)c(C(=O)NCc2ccc(F)cc2)s1. The van der Waals surface area contributed by atoms with Gasteiger partial charge in [0.2, 0.25) is 0 Å². The van der Waals surface area contributed by atoms with Gasteiger partial charge >= 0.3 is 0 Å². The second kappa shape index (κ2) is 9.40. The molecule has 156 valence electrons. The summed E-state index contributed by atoms with van der Waals surface area (Å²) < 4.78 is 18.5. The van der Waals surface area contributed by atoms with Crippen molar-refractivity contribution in [1.82, 2.24) is 10.3 Å². The quantitative estimate of drug-likeness (QED) is 0.396. The van der Waals surface area contributed by atoms with E-state index in [1.165, 1.54) is 23.5 Å². The fraction of sp³-hybridized carbons (Fsp3) is 0.0833. The van der Waals surface area contributed by atoms with Crippen molar-refractivity contribution in [2.75, 3.05) is 12.4 Å². The Morgan fingerprint density at radius 1 is 1.00 bits per heavy atom. The fourth-order valence-corrected chi connectivity index (χ4v) is 3.96. The molecule has 0 aliphatic rings. The number of hydrogen-bond donors (Lipinski definition) is 2. The molecule has 1 heterocycles. The van der Waals surface area contributed by atoms with Crippen molar-refractivity contribution in [2.45, 2.75) is 6.54 Å². The van der Waals surface area contributed by atoms with Crippen LogP contribution in [0.25, 0.3) is 11.3 Å². The summed E-state index contributed by atoms with van der Waals surface area (Å²) >= 11 is 1.26. The number of nitrogens with zero attached hydrogens (tertiary/aromatic N) is 1. The Hall–Kier alpha value is -3.71. The van der Waals surface area contributed by atoms with Crippen molar-refractivity contribution in [1.29, 1.82) is 0 Å². The number of ether oxygens (including phenoxy) is 1. The first-order chi connectivity index (χ1) is 15.1. The number of nitrogens with one attached hydrogen (secondary N) is 2. The van der Waals surface area contributed by atoms with Crippen molar-refractivity contribution in [3.63, 3.8) is 0 Å². The van der Waals surface area contributed by atoms with Gasteiger partial charge < -0.3 is 15.4 Å². The van der Waals surface area contributed by atoms with Crippen LogP contribution in [0.15, 0.2) is 78.9 Å². The number of carbonyl (C=O) groups is 1. The van der Waals surface area contributed by atoms with Gasteiger partial charge in [-0.25, -0.2) is 9.37 Å². The molecule has 0 saturated heterocycles. The number of halogens is 1. The average molecular weight is 434 g/mol. The Morgan fingerprint density at radius 2 is 1.71 bits per heavy atom. The summed E-state index contributed by atoms with van der Waals surface area (Å²) in [6.07, 6.45) is 0. The van der Waals surface area contributed by atoms with Crippen LogP contribution in [-0.4, -0.2) is 18.0 Å². The molecule has 7 heteroatoms. The van der Waals surface area contributed by atoms with Crippen molar-refractivity contribution in [2.24, 2.45) is 0 Å². The van der Waals surface area contributed by atoms with Crippen LogP contribution in [0.3, 0.4) is 0 Å². The highest BCUT2D eigenvalue weighted by Gasteiger charge is 2.20. The van der Waals surface area contributed by atoms with Crippen LogP contribution in [0.5, 0.6) is 5.75 Å². The van der Waals surface area contributed by atoms with Gasteiger partial charge in [-0.1, -0.05) is 65.9 Å². The van der Waals surface area contributed by atoms with Crippen molar-refractivity contribution < 1.29 is 13.9 Å². The minimum absolute atomic E-state index is 0.242. The van der Waals surface area contributed by atoms with Gasteiger partial charge in [-0.15, -0.1) is 0 Å². The first-order valence-electron chi connectivity index (χ1n) is 9.63. The Labute approximate surface area is 183 Å². The van der Waals surface area contributed by atoms with E-state index in [2.05, 4.69) is 15.6 Å². The molecule has 5 nitrogen and oxygen atoms in total. The van der Waals surface area contributed by atoms with Crippen molar-refractivity contribution >= 4 is 28.1 Å². The number of thiazole rings is 1. The van der Waals surface area contributed by atoms with E-state index in [4.69, 9.17) is 4.74 Å². The number of rotatable bonds is 7. The van der Waals surface area contributed by atoms with E-state index in [-0.39, 0.29) is 11.7 Å². The Balaban J connectivity index is 1.62. The summed E-state index contributed by atoms with van der Waals surface area (Å²) in [5.41, 5.74) is 3.02. The normalized spacial score (nSPS) is 10.5. The Morgan fingerprint density at radius 3 is 2.45 bits per heavy atom. The lowest BCUT2D eigenvalue weighted by atomic mass is 10.1. The molecule has 0 unspecified atom stereocenters. The molecular weight excluding hydrogens is 413 g/mol. The molecule has 0 radical (unpaired) electrons. The number of carbonyl (C=O) groups excluding carboxylic acids is 1. The average Bonchev–Trinajstić information content (AvgIpc) is 3.23. The van der Waals surface area contributed by atoms with E-state index < -0.39 is 0 Å². The first-order valence-corrected chi connectivity index (χ1v) is 10.4. The maximum absolute atomic E-state index is 13.1. The minimum atomic E-state index is -0.309. The number of amides is 1. The predicted molar refractivity (Wildman–Crippen MR) is 121 cm³/mol. The lowest BCUT2D eigenvalue weighted by molar-refractivity contribution is 0.0955. The van der Waals surface area contributed by atoms with Gasteiger partial charge in [0.25, 0.3) is 5.91 Å². The molecule has 1 amide bonds. The summed E-state index contributed by atoms with van der Waals surface area (Å²) in [5, 5.41) is 6.73. The van der Waals surface area contributed by atoms with E-state index in [0.29, 0.717) is 28.0 Å². The number of methoxy groups -OCH3 is 1. The molecule has 1 aromatic heterocycles. The van der Waals surface area contributed by atoms with E-state index in [1.54, 1.807) is 19.2 Å². The third kappa shape index (κ3) is 4.90. The molecule has 2 N–H and O–H groups in total. The standard InChI is InChI=1S/C24H20FN3O2S/c1-30-20-10-6-5-9-19(20)27-24-28-21(17-7-3-2-4-8-17)22(31-24)23(29)26-15-16-11-13-18(25)14-12-16/h2-14H,15H2,1H3,(H,26,29)(H,27,28). The molecular formula is C24H20FN3O2S. The number of anilines is 2. The molecule has 0 bridgehead atoms. The maximum Gasteiger partial charge on any atom is 0.264 e. The van der Waals surface area contributed by atoms with Gasteiger partial charge in [0.1, 0.15) is 16.4 Å². The van der Waals surface area contributed by atoms with E-state index >= 15 is 0 Å². The molecule has 31 heavy (non-hydrogen) atoms. The molecule has 0 spiro atoms. The van der Waals surface area contributed by atoms with E-state index in [0.717, 1.165) is 16.8 Å². The highest BCUT2D eigenvalue weighted by molar-refractivity contribution is 7.18. The van der Waals surface area contributed by atoms with E-state index in [9.17, 15) is 9.18 Å². The first kappa shape index (κ1) is 20.6. The highest BCUT2D eigenvalue weighted by Crippen LogP contribution is 2.35. The zero-order valence-corrected chi connectivity index (χ0v) is 17.6. The molecule has 0 atom stereocenters.